The van der Waals surface area contributed by atoms with Gasteiger partial charge in [0.25, 0.3) is 11.5 Å². The Morgan fingerprint density at radius 2 is 1.68 bits per heavy atom. The fourth-order valence-electron chi connectivity index (χ4n) is 2.76. The maximum Gasteiger partial charge on any atom is 0.573 e. The third-order valence-electron chi connectivity index (χ3n) is 4.23. The molecule has 0 atom stereocenters. The van der Waals surface area contributed by atoms with Crippen LogP contribution in [0.4, 0.5) is 17.6 Å². The maximum atomic E-state index is 13.9. The molecular formula is C20H15F4N3O4. The van der Waals surface area contributed by atoms with Gasteiger partial charge in [-0.1, -0.05) is 36.4 Å². The van der Waals surface area contributed by atoms with Crippen LogP contribution < -0.4 is 21.3 Å². The second kappa shape index (κ2) is 8.86. The first-order valence-corrected chi connectivity index (χ1v) is 8.83. The smallest absolute Gasteiger partial charge is 0.405 e. The topological polar surface area (TPSA) is 93.2 Å². The molecule has 0 aliphatic rings. The van der Waals surface area contributed by atoms with Gasteiger partial charge in [0.15, 0.2) is 0 Å². The van der Waals surface area contributed by atoms with Gasteiger partial charge in [0.05, 0.1) is 6.54 Å². The number of nitrogens with one attached hydrogen (secondary N) is 2. The van der Waals surface area contributed by atoms with E-state index >= 15 is 0 Å². The third-order valence-corrected chi connectivity index (χ3v) is 4.23. The first-order valence-electron chi connectivity index (χ1n) is 8.83. The summed E-state index contributed by atoms with van der Waals surface area (Å²) in [7, 11) is 0. The van der Waals surface area contributed by atoms with Crippen LogP contribution in [0, 0.1) is 5.82 Å². The number of amides is 1. The van der Waals surface area contributed by atoms with Gasteiger partial charge in [-0.3, -0.25) is 14.2 Å². The average Bonchev–Trinajstić information content (AvgIpc) is 2.70. The van der Waals surface area contributed by atoms with Crippen LogP contribution in [0.5, 0.6) is 5.75 Å². The molecule has 7 nitrogen and oxygen atoms in total. The molecule has 1 heterocycles. The second-order valence-corrected chi connectivity index (χ2v) is 6.33. The van der Waals surface area contributed by atoms with Crippen molar-refractivity contribution in [2.45, 2.75) is 19.5 Å². The Labute approximate surface area is 171 Å². The van der Waals surface area contributed by atoms with Gasteiger partial charge in [0.2, 0.25) is 0 Å². The van der Waals surface area contributed by atoms with Crippen molar-refractivity contribution in [2.75, 3.05) is 0 Å². The molecule has 0 fully saturated rings. The molecule has 0 saturated carbocycles. The summed E-state index contributed by atoms with van der Waals surface area (Å²) in [6.45, 7) is -0.790. The van der Waals surface area contributed by atoms with Crippen molar-refractivity contribution in [3.8, 4) is 5.75 Å². The maximum absolute atomic E-state index is 13.9. The van der Waals surface area contributed by atoms with Crippen LogP contribution in [0.15, 0.2) is 64.3 Å². The number of aromatic amines is 1. The minimum absolute atomic E-state index is 0.0179. The fourth-order valence-corrected chi connectivity index (χ4v) is 2.76. The van der Waals surface area contributed by atoms with Gasteiger partial charge in [-0.15, -0.1) is 13.2 Å². The van der Waals surface area contributed by atoms with E-state index in [2.05, 4.69) is 15.0 Å². The van der Waals surface area contributed by atoms with Crippen LogP contribution in [-0.2, 0) is 13.1 Å². The molecule has 31 heavy (non-hydrogen) atoms. The molecule has 0 bridgehead atoms. The van der Waals surface area contributed by atoms with E-state index in [1.165, 1.54) is 36.4 Å². The van der Waals surface area contributed by atoms with Crippen LogP contribution in [-0.4, -0.2) is 21.8 Å². The Hall–Kier alpha value is -3.89. The largest absolute Gasteiger partial charge is 0.573 e. The summed E-state index contributed by atoms with van der Waals surface area (Å²) in [5.74, 6) is -2.08. The average molecular weight is 437 g/mol. The summed E-state index contributed by atoms with van der Waals surface area (Å²) in [6.07, 6.45) is -4.03. The highest BCUT2D eigenvalue weighted by Gasteiger charge is 2.32. The van der Waals surface area contributed by atoms with Gasteiger partial charge in [0, 0.05) is 23.9 Å². The normalized spacial score (nSPS) is 11.2. The number of nitrogens with zero attached hydrogens (tertiary/aromatic N) is 1. The Morgan fingerprint density at radius 3 is 2.35 bits per heavy atom. The lowest BCUT2D eigenvalue weighted by Gasteiger charge is -2.13. The lowest BCUT2D eigenvalue weighted by Crippen LogP contribution is -2.40. The number of carbonyl (C=O) groups is 1. The number of H-pyrrole nitrogens is 1. The molecule has 0 unspecified atom stereocenters. The van der Waals surface area contributed by atoms with Gasteiger partial charge in [-0.2, -0.15) is 0 Å². The summed E-state index contributed by atoms with van der Waals surface area (Å²) in [5, 5.41) is 2.31. The van der Waals surface area contributed by atoms with Crippen molar-refractivity contribution in [1.82, 2.24) is 14.9 Å². The molecule has 2 aromatic carbocycles. The number of hydrogen-bond donors (Lipinski definition) is 2. The quantitative estimate of drug-likeness (QED) is 0.580. The van der Waals surface area contributed by atoms with Crippen molar-refractivity contribution in [3.63, 3.8) is 0 Å². The number of benzene rings is 2. The Balaban J connectivity index is 1.82. The van der Waals surface area contributed by atoms with Crippen molar-refractivity contribution < 1.29 is 27.1 Å². The molecule has 0 saturated heterocycles. The van der Waals surface area contributed by atoms with E-state index in [0.29, 0.717) is 4.57 Å². The number of rotatable bonds is 6. The van der Waals surface area contributed by atoms with Crippen LogP contribution in [0.1, 0.15) is 21.5 Å². The van der Waals surface area contributed by atoms with E-state index in [-0.39, 0.29) is 17.7 Å². The van der Waals surface area contributed by atoms with Crippen LogP contribution in [0.25, 0.3) is 0 Å². The van der Waals surface area contributed by atoms with E-state index in [0.717, 1.165) is 18.3 Å². The van der Waals surface area contributed by atoms with E-state index < -0.39 is 47.2 Å². The van der Waals surface area contributed by atoms with Gasteiger partial charge in [-0.05, 0) is 12.1 Å². The van der Waals surface area contributed by atoms with Crippen molar-refractivity contribution >= 4 is 5.91 Å². The standard InChI is InChI=1S/C20H15F4N3O4/c21-15-7-3-1-6-13(15)11-27-18(29)14(10-26-19(27)30)17(28)25-9-12-5-2-4-8-16(12)31-20(22,23)24/h1-8,10H,9,11H2,(H,25,28)(H,26,30). The van der Waals surface area contributed by atoms with E-state index in [1.807, 2.05) is 0 Å². The van der Waals surface area contributed by atoms with E-state index in [1.54, 1.807) is 0 Å². The number of ether oxygens (including phenoxy) is 1. The lowest BCUT2D eigenvalue weighted by atomic mass is 10.2. The summed E-state index contributed by atoms with van der Waals surface area (Å²) in [5.41, 5.74) is -2.22. The molecule has 3 rings (SSSR count). The second-order valence-electron chi connectivity index (χ2n) is 6.33. The number of alkyl halides is 3. The predicted octanol–water partition coefficient (Wildman–Crippen LogP) is 2.55. The summed E-state index contributed by atoms with van der Waals surface area (Å²) in [4.78, 5) is 39.3. The van der Waals surface area contributed by atoms with Crippen molar-refractivity contribution in [3.05, 3.63) is 98.1 Å². The Morgan fingerprint density at radius 1 is 1.03 bits per heavy atom. The highest BCUT2D eigenvalue weighted by atomic mass is 19.4. The molecular weight excluding hydrogens is 422 g/mol. The van der Waals surface area contributed by atoms with Crippen LogP contribution in [0.2, 0.25) is 0 Å². The zero-order chi connectivity index (χ0) is 22.6. The van der Waals surface area contributed by atoms with Crippen molar-refractivity contribution in [2.24, 2.45) is 0 Å². The fraction of sp³-hybridized carbons (Fsp3) is 0.150. The van der Waals surface area contributed by atoms with E-state index in [9.17, 15) is 31.9 Å². The minimum Gasteiger partial charge on any atom is -0.405 e. The third kappa shape index (κ3) is 5.38. The number of carbonyl (C=O) groups excluding carboxylic acids is 1. The molecule has 3 aromatic rings. The Bertz CT molecular complexity index is 1220. The van der Waals surface area contributed by atoms with Gasteiger partial charge in [0.1, 0.15) is 17.1 Å². The van der Waals surface area contributed by atoms with Gasteiger partial charge < -0.3 is 15.0 Å². The van der Waals surface area contributed by atoms with E-state index in [4.69, 9.17) is 0 Å². The molecule has 0 radical (unpaired) electrons. The number of para-hydroxylation sites is 1. The number of aromatic nitrogens is 2. The first kappa shape index (κ1) is 21.8. The van der Waals surface area contributed by atoms with Gasteiger partial charge in [-0.25, -0.2) is 9.18 Å². The molecule has 0 spiro atoms. The SMILES string of the molecule is O=C(NCc1ccccc1OC(F)(F)F)c1c[nH]c(=O)n(Cc2ccccc2F)c1=O. The summed E-state index contributed by atoms with van der Waals surface area (Å²) >= 11 is 0. The Kier molecular flexibility index (Phi) is 6.23. The van der Waals surface area contributed by atoms with Gasteiger partial charge >= 0.3 is 12.1 Å². The molecule has 2 N–H and O–H groups in total. The number of halogens is 4. The molecule has 0 aliphatic carbocycles. The van der Waals surface area contributed by atoms with Crippen LogP contribution >= 0.6 is 0 Å². The first-order chi connectivity index (χ1) is 14.7. The highest BCUT2D eigenvalue weighted by molar-refractivity contribution is 5.93. The molecule has 11 heteroatoms. The molecule has 0 aliphatic heterocycles. The molecule has 162 valence electrons. The predicted molar refractivity (Wildman–Crippen MR) is 101 cm³/mol. The highest BCUT2D eigenvalue weighted by Crippen LogP contribution is 2.26. The number of hydrogen-bond acceptors (Lipinski definition) is 4. The molecule has 1 amide bonds. The molecule has 1 aromatic heterocycles. The summed E-state index contributed by atoms with van der Waals surface area (Å²) in [6, 6.07) is 10.7. The minimum atomic E-state index is -4.92. The van der Waals surface area contributed by atoms with Crippen LogP contribution in [0.3, 0.4) is 0 Å². The monoisotopic (exact) mass is 437 g/mol. The van der Waals surface area contributed by atoms with Crippen molar-refractivity contribution in [1.29, 1.82) is 0 Å². The summed E-state index contributed by atoms with van der Waals surface area (Å²) < 4.78 is 56.0. The zero-order valence-corrected chi connectivity index (χ0v) is 15.7. The lowest BCUT2D eigenvalue weighted by molar-refractivity contribution is -0.274. The zero-order valence-electron chi connectivity index (χ0n) is 15.7.